The number of halogens is 1. The Morgan fingerprint density at radius 3 is 2.82 bits per heavy atom. The van der Waals surface area contributed by atoms with E-state index >= 15 is 0 Å². The third kappa shape index (κ3) is 3.03. The van der Waals surface area contributed by atoms with Crippen molar-refractivity contribution in [3.05, 3.63) is 35.5 Å². The van der Waals surface area contributed by atoms with Crippen LogP contribution in [0.1, 0.15) is 13.8 Å². The summed E-state index contributed by atoms with van der Waals surface area (Å²) in [5.41, 5.74) is 1.25. The van der Waals surface area contributed by atoms with E-state index in [-0.39, 0.29) is 5.82 Å². The number of nitrogens with one attached hydrogen (secondary N) is 1. The molecule has 2 nitrogen and oxygen atoms in total. The van der Waals surface area contributed by atoms with Gasteiger partial charge in [0.25, 0.3) is 0 Å². The molecule has 0 aliphatic rings. The van der Waals surface area contributed by atoms with E-state index < -0.39 is 0 Å². The molecule has 0 aliphatic heterocycles. The maximum Gasteiger partial charge on any atom is 0.183 e. The number of benzene rings is 1. The maximum absolute atomic E-state index is 13.5. The molecule has 1 aromatic heterocycles. The molecule has 0 spiro atoms. The van der Waals surface area contributed by atoms with Crippen LogP contribution in [0.15, 0.2) is 29.6 Å². The van der Waals surface area contributed by atoms with Gasteiger partial charge in [0.1, 0.15) is 5.82 Å². The number of hydrogen-bond donors (Lipinski definition) is 1. The third-order valence-electron chi connectivity index (χ3n) is 2.32. The van der Waals surface area contributed by atoms with Crippen LogP contribution in [0.2, 0.25) is 0 Å². The Morgan fingerprint density at radius 1 is 1.35 bits per heavy atom. The van der Waals surface area contributed by atoms with E-state index in [9.17, 15) is 4.39 Å². The molecule has 0 saturated heterocycles. The van der Waals surface area contributed by atoms with Gasteiger partial charge in [-0.2, -0.15) is 0 Å². The van der Waals surface area contributed by atoms with Gasteiger partial charge in [0, 0.05) is 17.5 Å². The lowest BCUT2D eigenvalue weighted by Crippen LogP contribution is -2.07. The topological polar surface area (TPSA) is 24.9 Å². The van der Waals surface area contributed by atoms with Gasteiger partial charge < -0.3 is 5.32 Å². The third-order valence-corrected chi connectivity index (χ3v) is 3.12. The van der Waals surface area contributed by atoms with Gasteiger partial charge in [0.15, 0.2) is 5.13 Å². The first kappa shape index (κ1) is 12.0. The molecule has 1 heterocycles. The summed E-state index contributed by atoms with van der Waals surface area (Å²) in [7, 11) is 0. The first-order chi connectivity index (χ1) is 8.16. The van der Waals surface area contributed by atoms with Crippen molar-refractivity contribution in [1.82, 2.24) is 4.98 Å². The van der Waals surface area contributed by atoms with E-state index in [1.807, 2.05) is 11.4 Å². The van der Waals surface area contributed by atoms with Crippen molar-refractivity contribution in [1.29, 1.82) is 0 Å². The van der Waals surface area contributed by atoms with Gasteiger partial charge in [-0.3, -0.25) is 0 Å². The lowest BCUT2D eigenvalue weighted by atomic mass is 10.2. The van der Waals surface area contributed by atoms with Crippen LogP contribution < -0.4 is 5.32 Å². The molecule has 1 aromatic carbocycles. The summed E-state index contributed by atoms with van der Waals surface area (Å²) in [4.78, 5) is 4.38. The molecule has 0 atom stereocenters. The van der Waals surface area contributed by atoms with Crippen molar-refractivity contribution in [2.24, 2.45) is 5.92 Å². The zero-order valence-electron chi connectivity index (χ0n) is 9.90. The second-order valence-electron chi connectivity index (χ2n) is 4.29. The Hall–Kier alpha value is -1.42. The van der Waals surface area contributed by atoms with Crippen molar-refractivity contribution in [2.45, 2.75) is 13.8 Å². The van der Waals surface area contributed by atoms with Crippen molar-refractivity contribution in [3.63, 3.8) is 0 Å². The highest BCUT2D eigenvalue weighted by molar-refractivity contribution is 7.14. The van der Waals surface area contributed by atoms with Crippen LogP contribution in [-0.2, 0) is 0 Å². The van der Waals surface area contributed by atoms with Crippen LogP contribution in [0.25, 0.3) is 11.3 Å². The summed E-state index contributed by atoms with van der Waals surface area (Å²) in [6.45, 7) is 5.15. The van der Waals surface area contributed by atoms with Crippen molar-refractivity contribution in [3.8, 4) is 11.3 Å². The predicted molar refractivity (Wildman–Crippen MR) is 70.8 cm³/mol. The van der Waals surface area contributed by atoms with Gasteiger partial charge >= 0.3 is 0 Å². The SMILES string of the molecule is CC(C)CNc1nc(-c2ccccc2F)cs1. The van der Waals surface area contributed by atoms with Crippen LogP contribution in [0.5, 0.6) is 0 Å². The van der Waals surface area contributed by atoms with E-state index in [0.717, 1.165) is 11.7 Å². The van der Waals surface area contributed by atoms with Crippen LogP contribution in [0.3, 0.4) is 0 Å². The van der Waals surface area contributed by atoms with Crippen LogP contribution in [0, 0.1) is 11.7 Å². The maximum atomic E-state index is 13.5. The molecule has 2 rings (SSSR count). The smallest absolute Gasteiger partial charge is 0.183 e. The van der Waals surface area contributed by atoms with Gasteiger partial charge in [-0.25, -0.2) is 9.37 Å². The van der Waals surface area contributed by atoms with E-state index in [1.54, 1.807) is 12.1 Å². The van der Waals surface area contributed by atoms with Crippen molar-refractivity contribution < 1.29 is 4.39 Å². The number of hydrogen-bond acceptors (Lipinski definition) is 3. The molecule has 0 fully saturated rings. The van der Waals surface area contributed by atoms with Crippen molar-refractivity contribution >= 4 is 16.5 Å². The Labute approximate surface area is 105 Å². The van der Waals surface area contributed by atoms with Gasteiger partial charge in [-0.15, -0.1) is 11.3 Å². The Kier molecular flexibility index (Phi) is 3.74. The number of thiazole rings is 1. The second kappa shape index (κ2) is 5.27. The minimum absolute atomic E-state index is 0.229. The summed E-state index contributed by atoms with van der Waals surface area (Å²) in [6.07, 6.45) is 0. The summed E-state index contributed by atoms with van der Waals surface area (Å²) in [5, 5.41) is 5.96. The van der Waals surface area contributed by atoms with E-state index in [1.165, 1.54) is 17.4 Å². The van der Waals surface area contributed by atoms with E-state index in [4.69, 9.17) is 0 Å². The Morgan fingerprint density at radius 2 is 2.12 bits per heavy atom. The number of rotatable bonds is 4. The second-order valence-corrected chi connectivity index (χ2v) is 5.15. The monoisotopic (exact) mass is 250 g/mol. The highest BCUT2D eigenvalue weighted by atomic mass is 32.1. The van der Waals surface area contributed by atoms with E-state index in [2.05, 4.69) is 24.1 Å². The zero-order chi connectivity index (χ0) is 12.3. The standard InChI is InChI=1S/C13H15FN2S/c1-9(2)7-15-13-16-12(8-17-13)10-5-3-4-6-11(10)14/h3-6,8-9H,7H2,1-2H3,(H,15,16). The van der Waals surface area contributed by atoms with Gasteiger partial charge in [0.2, 0.25) is 0 Å². The first-order valence-corrected chi connectivity index (χ1v) is 6.49. The largest absolute Gasteiger partial charge is 0.361 e. The highest BCUT2D eigenvalue weighted by Crippen LogP contribution is 2.26. The molecular weight excluding hydrogens is 235 g/mol. The number of nitrogens with zero attached hydrogens (tertiary/aromatic N) is 1. The lowest BCUT2D eigenvalue weighted by Gasteiger charge is -2.04. The molecular formula is C13H15FN2S. The fourth-order valence-corrected chi connectivity index (χ4v) is 2.16. The Bertz CT molecular complexity index is 494. The molecule has 17 heavy (non-hydrogen) atoms. The van der Waals surface area contributed by atoms with Crippen molar-refractivity contribution in [2.75, 3.05) is 11.9 Å². The molecule has 0 bridgehead atoms. The summed E-state index contributed by atoms with van der Waals surface area (Å²) < 4.78 is 13.5. The molecule has 2 aromatic rings. The number of anilines is 1. The molecule has 90 valence electrons. The molecule has 0 saturated carbocycles. The van der Waals surface area contributed by atoms with Crippen LogP contribution in [-0.4, -0.2) is 11.5 Å². The summed E-state index contributed by atoms with van der Waals surface area (Å²) in [6, 6.07) is 6.70. The Balaban J connectivity index is 2.16. The minimum atomic E-state index is -0.229. The predicted octanol–water partition coefficient (Wildman–Crippen LogP) is 4.02. The van der Waals surface area contributed by atoms with Gasteiger partial charge in [-0.05, 0) is 18.1 Å². The molecule has 0 unspecified atom stereocenters. The molecule has 0 amide bonds. The normalized spacial score (nSPS) is 10.8. The molecule has 4 heteroatoms. The summed E-state index contributed by atoms with van der Waals surface area (Å²) >= 11 is 1.51. The highest BCUT2D eigenvalue weighted by Gasteiger charge is 2.08. The average molecular weight is 250 g/mol. The molecule has 0 radical (unpaired) electrons. The van der Waals surface area contributed by atoms with Crippen LogP contribution >= 0.6 is 11.3 Å². The fourth-order valence-electron chi connectivity index (χ4n) is 1.44. The zero-order valence-corrected chi connectivity index (χ0v) is 10.7. The van der Waals surface area contributed by atoms with Gasteiger partial charge in [-0.1, -0.05) is 26.0 Å². The number of aromatic nitrogens is 1. The van der Waals surface area contributed by atoms with Crippen LogP contribution in [0.4, 0.5) is 9.52 Å². The first-order valence-electron chi connectivity index (χ1n) is 5.61. The van der Waals surface area contributed by atoms with E-state index in [0.29, 0.717) is 17.2 Å². The fraction of sp³-hybridized carbons (Fsp3) is 0.308. The van der Waals surface area contributed by atoms with Gasteiger partial charge in [0.05, 0.1) is 5.69 Å². The minimum Gasteiger partial charge on any atom is -0.361 e. The molecule has 0 aliphatic carbocycles. The lowest BCUT2D eigenvalue weighted by molar-refractivity contribution is 0.631. The molecule has 1 N–H and O–H groups in total. The quantitative estimate of drug-likeness (QED) is 0.886. The average Bonchev–Trinajstić information content (AvgIpc) is 2.75. The summed E-state index contributed by atoms with van der Waals surface area (Å²) in [5.74, 6) is 0.337.